The zero-order valence-electron chi connectivity index (χ0n) is 9.46. The van der Waals surface area contributed by atoms with Gasteiger partial charge in [-0.3, -0.25) is 0 Å². The number of nitrogens with two attached hydrogens (primary N) is 1. The molecule has 0 saturated carbocycles. The Labute approximate surface area is 91.1 Å². The molecule has 0 fully saturated rings. The van der Waals surface area contributed by atoms with Gasteiger partial charge in [-0.15, -0.1) is 0 Å². The van der Waals surface area contributed by atoms with E-state index in [-0.39, 0.29) is 0 Å². The maximum atomic E-state index is 9.48. The van der Waals surface area contributed by atoms with Gasteiger partial charge in [-0.05, 0) is 38.0 Å². The Balaban J connectivity index is 3.07. The summed E-state index contributed by atoms with van der Waals surface area (Å²) in [5.74, 6) is 5.66. The van der Waals surface area contributed by atoms with Crippen LogP contribution in [0, 0.1) is 11.8 Å². The van der Waals surface area contributed by atoms with Crippen molar-refractivity contribution in [1.82, 2.24) is 0 Å². The Morgan fingerprint density at radius 1 is 1.40 bits per heavy atom. The van der Waals surface area contributed by atoms with E-state index in [0.29, 0.717) is 5.69 Å². The third kappa shape index (κ3) is 3.65. The van der Waals surface area contributed by atoms with Crippen molar-refractivity contribution in [3.63, 3.8) is 0 Å². The van der Waals surface area contributed by atoms with E-state index in [9.17, 15) is 5.11 Å². The summed E-state index contributed by atoms with van der Waals surface area (Å²) in [6, 6.07) is 5.81. The molecule has 2 nitrogen and oxygen atoms in total. The predicted octanol–water partition coefficient (Wildman–Crippen LogP) is 1.95. The van der Waals surface area contributed by atoms with Gasteiger partial charge in [0.2, 0.25) is 0 Å². The van der Waals surface area contributed by atoms with Crippen LogP contribution in [-0.2, 0) is 6.42 Å². The first-order valence-electron chi connectivity index (χ1n) is 5.06. The van der Waals surface area contributed by atoms with Crippen LogP contribution in [0.5, 0.6) is 0 Å². The van der Waals surface area contributed by atoms with Crippen molar-refractivity contribution in [3.8, 4) is 11.8 Å². The number of rotatable bonds is 1. The summed E-state index contributed by atoms with van der Waals surface area (Å²) < 4.78 is 0. The Hall–Kier alpha value is -1.46. The third-order valence-electron chi connectivity index (χ3n) is 2.03. The van der Waals surface area contributed by atoms with Crippen LogP contribution >= 0.6 is 0 Å². The van der Waals surface area contributed by atoms with Crippen LogP contribution in [0.15, 0.2) is 18.2 Å². The predicted molar refractivity (Wildman–Crippen MR) is 63.4 cm³/mol. The van der Waals surface area contributed by atoms with Gasteiger partial charge in [0.25, 0.3) is 0 Å². The van der Waals surface area contributed by atoms with E-state index >= 15 is 0 Å². The van der Waals surface area contributed by atoms with E-state index in [4.69, 9.17) is 5.73 Å². The average molecular weight is 203 g/mol. The quantitative estimate of drug-likeness (QED) is 0.541. The van der Waals surface area contributed by atoms with Crippen molar-refractivity contribution >= 4 is 5.69 Å². The highest BCUT2D eigenvalue weighted by molar-refractivity contribution is 5.57. The normalized spacial score (nSPS) is 10.7. The van der Waals surface area contributed by atoms with E-state index in [1.807, 2.05) is 18.2 Å². The first-order chi connectivity index (χ1) is 6.92. The molecule has 2 heteroatoms. The van der Waals surface area contributed by atoms with Crippen LogP contribution in [0.1, 0.15) is 31.9 Å². The Bertz CT molecular complexity index is 405. The highest BCUT2D eigenvalue weighted by atomic mass is 16.3. The Morgan fingerprint density at radius 2 is 2.07 bits per heavy atom. The molecule has 1 aromatic rings. The standard InChI is InChI=1S/C13H17NO/c1-4-10-5-6-12(14)11(9-10)7-8-13(2,3)15/h5-6,9,15H,4,14H2,1-3H3. The molecule has 3 N–H and O–H groups in total. The van der Waals surface area contributed by atoms with Gasteiger partial charge in [-0.1, -0.05) is 24.8 Å². The zero-order chi connectivity index (χ0) is 11.5. The second-order valence-corrected chi connectivity index (χ2v) is 4.08. The molecule has 0 aliphatic rings. The maximum Gasteiger partial charge on any atom is 0.120 e. The van der Waals surface area contributed by atoms with Crippen LogP contribution in [0.3, 0.4) is 0 Å². The van der Waals surface area contributed by atoms with E-state index in [1.54, 1.807) is 13.8 Å². The summed E-state index contributed by atoms with van der Waals surface area (Å²) in [6.07, 6.45) is 0.956. The van der Waals surface area contributed by atoms with Gasteiger partial charge in [-0.2, -0.15) is 0 Å². The number of aliphatic hydroxyl groups is 1. The molecule has 0 aliphatic carbocycles. The molecule has 0 bridgehead atoms. The minimum absolute atomic E-state index is 0.656. The van der Waals surface area contributed by atoms with Crippen LogP contribution in [0.25, 0.3) is 0 Å². The van der Waals surface area contributed by atoms with Crippen LogP contribution in [-0.4, -0.2) is 10.7 Å². The van der Waals surface area contributed by atoms with E-state index in [0.717, 1.165) is 12.0 Å². The van der Waals surface area contributed by atoms with Crippen LogP contribution in [0.2, 0.25) is 0 Å². The molecule has 0 radical (unpaired) electrons. The van der Waals surface area contributed by atoms with E-state index in [2.05, 4.69) is 18.8 Å². The zero-order valence-corrected chi connectivity index (χ0v) is 9.46. The number of hydrogen-bond donors (Lipinski definition) is 2. The Morgan fingerprint density at radius 3 is 2.60 bits per heavy atom. The number of anilines is 1. The van der Waals surface area contributed by atoms with Crippen molar-refractivity contribution in [2.75, 3.05) is 5.73 Å². The monoisotopic (exact) mass is 203 g/mol. The Kier molecular flexibility index (Phi) is 3.39. The highest BCUT2D eigenvalue weighted by Gasteiger charge is 2.06. The molecule has 15 heavy (non-hydrogen) atoms. The second kappa shape index (κ2) is 4.37. The summed E-state index contributed by atoms with van der Waals surface area (Å²) in [6.45, 7) is 5.39. The smallest absolute Gasteiger partial charge is 0.120 e. The lowest BCUT2D eigenvalue weighted by atomic mass is 10.1. The molecule has 0 spiro atoms. The summed E-state index contributed by atoms with van der Waals surface area (Å²) in [7, 11) is 0. The van der Waals surface area contributed by atoms with Crippen LogP contribution < -0.4 is 5.73 Å². The second-order valence-electron chi connectivity index (χ2n) is 4.08. The molecule has 0 heterocycles. The first kappa shape index (κ1) is 11.6. The lowest BCUT2D eigenvalue weighted by Gasteiger charge is -2.07. The van der Waals surface area contributed by atoms with Gasteiger partial charge in [0, 0.05) is 11.3 Å². The lowest BCUT2D eigenvalue weighted by Crippen LogP contribution is -2.14. The fraction of sp³-hybridized carbons (Fsp3) is 0.385. The molecular formula is C13H17NO. The molecule has 0 unspecified atom stereocenters. The molecule has 1 rings (SSSR count). The van der Waals surface area contributed by atoms with Crippen molar-refractivity contribution in [3.05, 3.63) is 29.3 Å². The van der Waals surface area contributed by atoms with Gasteiger partial charge in [-0.25, -0.2) is 0 Å². The van der Waals surface area contributed by atoms with Gasteiger partial charge in [0.05, 0.1) is 0 Å². The SMILES string of the molecule is CCc1ccc(N)c(C#CC(C)(C)O)c1. The fourth-order valence-corrected chi connectivity index (χ4v) is 1.15. The van der Waals surface area contributed by atoms with E-state index < -0.39 is 5.60 Å². The molecule has 80 valence electrons. The summed E-state index contributed by atoms with van der Waals surface area (Å²) in [5, 5.41) is 9.48. The van der Waals surface area contributed by atoms with Crippen molar-refractivity contribution in [2.45, 2.75) is 32.8 Å². The highest BCUT2D eigenvalue weighted by Crippen LogP contribution is 2.13. The molecule has 1 aromatic carbocycles. The molecule has 0 amide bonds. The van der Waals surface area contributed by atoms with Gasteiger partial charge >= 0.3 is 0 Å². The van der Waals surface area contributed by atoms with Gasteiger partial charge in [0.1, 0.15) is 5.60 Å². The van der Waals surface area contributed by atoms with Gasteiger partial charge in [0.15, 0.2) is 0 Å². The molecule has 0 aromatic heterocycles. The average Bonchev–Trinajstić information content (AvgIpc) is 2.15. The third-order valence-corrected chi connectivity index (χ3v) is 2.03. The fourth-order valence-electron chi connectivity index (χ4n) is 1.15. The number of nitrogen functional groups attached to an aromatic ring is 1. The van der Waals surface area contributed by atoms with Gasteiger partial charge < -0.3 is 10.8 Å². The van der Waals surface area contributed by atoms with Crippen molar-refractivity contribution in [2.24, 2.45) is 0 Å². The summed E-state index contributed by atoms with van der Waals surface area (Å²) >= 11 is 0. The molecule has 0 atom stereocenters. The molecular weight excluding hydrogens is 186 g/mol. The largest absolute Gasteiger partial charge is 0.398 e. The number of hydrogen-bond acceptors (Lipinski definition) is 2. The molecule has 0 saturated heterocycles. The van der Waals surface area contributed by atoms with Crippen LogP contribution in [0.4, 0.5) is 5.69 Å². The minimum Gasteiger partial charge on any atom is -0.398 e. The number of benzene rings is 1. The summed E-state index contributed by atoms with van der Waals surface area (Å²) in [5.41, 5.74) is 7.46. The lowest BCUT2D eigenvalue weighted by molar-refractivity contribution is 0.143. The maximum absolute atomic E-state index is 9.48. The van der Waals surface area contributed by atoms with Crippen molar-refractivity contribution in [1.29, 1.82) is 0 Å². The molecule has 0 aliphatic heterocycles. The minimum atomic E-state index is -0.978. The first-order valence-corrected chi connectivity index (χ1v) is 5.06. The summed E-state index contributed by atoms with van der Waals surface area (Å²) in [4.78, 5) is 0. The van der Waals surface area contributed by atoms with Crippen molar-refractivity contribution < 1.29 is 5.11 Å². The number of aryl methyl sites for hydroxylation is 1. The van der Waals surface area contributed by atoms with E-state index in [1.165, 1.54) is 5.56 Å². The topological polar surface area (TPSA) is 46.2 Å².